The van der Waals surface area contributed by atoms with Crippen LogP contribution in [0, 0.1) is 11.8 Å². The van der Waals surface area contributed by atoms with Gasteiger partial charge in [0, 0.05) is 6.04 Å². The summed E-state index contributed by atoms with van der Waals surface area (Å²) in [5.41, 5.74) is 5.79. The summed E-state index contributed by atoms with van der Waals surface area (Å²) in [6, 6.07) is -0.129. The second kappa shape index (κ2) is 6.83. The first-order valence-electron chi connectivity index (χ1n) is 5.96. The number of amides is 1. The van der Waals surface area contributed by atoms with Crippen molar-refractivity contribution in [2.45, 2.75) is 59.5 Å². The summed E-state index contributed by atoms with van der Waals surface area (Å²) in [4.78, 5) is 11.7. The van der Waals surface area contributed by atoms with E-state index in [1.807, 2.05) is 13.8 Å². The third-order valence-corrected chi connectivity index (χ3v) is 2.75. The highest BCUT2D eigenvalue weighted by molar-refractivity contribution is 5.82. The molecular weight excluding hydrogens is 188 g/mol. The maximum Gasteiger partial charge on any atom is 0.237 e. The van der Waals surface area contributed by atoms with E-state index in [4.69, 9.17) is 5.73 Å². The minimum absolute atomic E-state index is 0.0165. The molecule has 3 nitrogen and oxygen atoms in total. The number of rotatable bonds is 6. The summed E-state index contributed by atoms with van der Waals surface area (Å²) in [6.07, 6.45) is 2.11. The molecule has 0 saturated carbocycles. The molecule has 0 aliphatic rings. The summed E-state index contributed by atoms with van der Waals surface area (Å²) in [6.45, 7) is 10.3. The molecule has 90 valence electrons. The van der Waals surface area contributed by atoms with E-state index in [0.717, 1.165) is 12.8 Å². The third-order valence-electron chi connectivity index (χ3n) is 2.75. The Balaban J connectivity index is 4.22. The first-order chi connectivity index (χ1) is 6.90. The first kappa shape index (κ1) is 14.4. The number of carbonyl (C=O) groups excluding carboxylic acids is 1. The van der Waals surface area contributed by atoms with Crippen molar-refractivity contribution < 1.29 is 4.79 Å². The van der Waals surface area contributed by atoms with Crippen LogP contribution in [0.2, 0.25) is 0 Å². The van der Waals surface area contributed by atoms with Crippen LogP contribution < -0.4 is 11.1 Å². The lowest BCUT2D eigenvalue weighted by Crippen LogP contribution is -2.49. The molecule has 0 heterocycles. The van der Waals surface area contributed by atoms with Gasteiger partial charge in [0.05, 0.1) is 6.04 Å². The van der Waals surface area contributed by atoms with Gasteiger partial charge in [-0.3, -0.25) is 4.79 Å². The zero-order valence-electron chi connectivity index (χ0n) is 10.7. The van der Waals surface area contributed by atoms with Crippen LogP contribution in [0.25, 0.3) is 0 Å². The largest absolute Gasteiger partial charge is 0.352 e. The second-order valence-corrected chi connectivity index (χ2v) is 4.92. The standard InChI is InChI=1S/C12H26N2O/c1-6-7-10(8(2)3)14-12(15)11(13)9(4)5/h8-11H,6-7,13H2,1-5H3,(H,14,15). The topological polar surface area (TPSA) is 55.1 Å². The van der Waals surface area contributed by atoms with Gasteiger partial charge in [-0.25, -0.2) is 0 Å². The van der Waals surface area contributed by atoms with Crippen LogP contribution in [0.15, 0.2) is 0 Å². The highest BCUT2D eigenvalue weighted by Gasteiger charge is 2.21. The normalized spacial score (nSPS) is 15.5. The number of nitrogens with two attached hydrogens (primary N) is 1. The van der Waals surface area contributed by atoms with Gasteiger partial charge >= 0.3 is 0 Å². The molecule has 0 fully saturated rings. The molecule has 1 amide bonds. The average Bonchev–Trinajstić information content (AvgIpc) is 2.15. The number of nitrogens with one attached hydrogen (secondary N) is 1. The van der Waals surface area contributed by atoms with Gasteiger partial charge in [-0.05, 0) is 18.3 Å². The zero-order chi connectivity index (χ0) is 12.0. The Bertz CT molecular complexity index is 190. The predicted molar refractivity (Wildman–Crippen MR) is 64.5 cm³/mol. The Hall–Kier alpha value is -0.570. The molecule has 0 bridgehead atoms. The van der Waals surface area contributed by atoms with Gasteiger partial charge in [0.25, 0.3) is 0 Å². The van der Waals surface area contributed by atoms with Gasteiger partial charge in [-0.15, -0.1) is 0 Å². The van der Waals surface area contributed by atoms with Gasteiger partial charge in [-0.2, -0.15) is 0 Å². The predicted octanol–water partition coefficient (Wildman–Crippen LogP) is 1.91. The van der Waals surface area contributed by atoms with E-state index < -0.39 is 0 Å². The summed E-state index contributed by atoms with van der Waals surface area (Å²) >= 11 is 0. The van der Waals surface area contributed by atoms with Gasteiger partial charge in [0.15, 0.2) is 0 Å². The van der Waals surface area contributed by atoms with E-state index >= 15 is 0 Å². The van der Waals surface area contributed by atoms with Crippen LogP contribution in [0.4, 0.5) is 0 Å². The molecule has 0 aromatic carbocycles. The molecule has 15 heavy (non-hydrogen) atoms. The Labute approximate surface area is 93.8 Å². The Kier molecular flexibility index (Phi) is 6.57. The second-order valence-electron chi connectivity index (χ2n) is 4.92. The van der Waals surface area contributed by atoms with Crippen molar-refractivity contribution >= 4 is 5.91 Å². The van der Waals surface area contributed by atoms with Crippen molar-refractivity contribution in [3.63, 3.8) is 0 Å². The smallest absolute Gasteiger partial charge is 0.237 e. The molecule has 0 aromatic rings. The van der Waals surface area contributed by atoms with Crippen LogP contribution in [-0.2, 0) is 4.79 Å². The van der Waals surface area contributed by atoms with Crippen LogP contribution in [0.5, 0.6) is 0 Å². The molecule has 0 saturated heterocycles. The van der Waals surface area contributed by atoms with Crippen molar-refractivity contribution in [1.82, 2.24) is 5.32 Å². The monoisotopic (exact) mass is 214 g/mol. The SMILES string of the molecule is CCCC(NC(=O)C(N)C(C)C)C(C)C. The Morgan fingerprint density at radius 3 is 2.07 bits per heavy atom. The fourth-order valence-electron chi connectivity index (χ4n) is 1.46. The minimum atomic E-state index is -0.386. The molecule has 2 atom stereocenters. The van der Waals surface area contributed by atoms with Gasteiger partial charge in [-0.1, -0.05) is 41.0 Å². The van der Waals surface area contributed by atoms with Crippen molar-refractivity contribution in [3.8, 4) is 0 Å². The van der Waals surface area contributed by atoms with Crippen molar-refractivity contribution in [1.29, 1.82) is 0 Å². The molecule has 0 rings (SSSR count). The maximum atomic E-state index is 11.7. The van der Waals surface area contributed by atoms with E-state index in [2.05, 4.69) is 26.1 Å². The average molecular weight is 214 g/mol. The minimum Gasteiger partial charge on any atom is -0.352 e. The summed E-state index contributed by atoms with van der Waals surface area (Å²) in [7, 11) is 0. The fraction of sp³-hybridized carbons (Fsp3) is 0.917. The fourth-order valence-corrected chi connectivity index (χ4v) is 1.46. The number of carbonyl (C=O) groups is 1. The molecule has 0 aliphatic heterocycles. The van der Waals surface area contributed by atoms with Gasteiger partial charge < -0.3 is 11.1 Å². The maximum absolute atomic E-state index is 11.7. The molecule has 3 N–H and O–H groups in total. The zero-order valence-corrected chi connectivity index (χ0v) is 10.7. The molecule has 0 radical (unpaired) electrons. The van der Waals surface area contributed by atoms with E-state index in [0.29, 0.717) is 5.92 Å². The number of hydrogen-bond donors (Lipinski definition) is 2. The highest BCUT2D eigenvalue weighted by atomic mass is 16.2. The molecule has 0 aliphatic carbocycles. The molecular formula is C12H26N2O. The lowest BCUT2D eigenvalue weighted by molar-refractivity contribution is -0.124. The van der Waals surface area contributed by atoms with Crippen LogP contribution >= 0.6 is 0 Å². The van der Waals surface area contributed by atoms with Gasteiger partial charge in [0.2, 0.25) is 5.91 Å². The molecule has 3 heteroatoms. The van der Waals surface area contributed by atoms with E-state index in [1.165, 1.54) is 0 Å². The van der Waals surface area contributed by atoms with Gasteiger partial charge in [0.1, 0.15) is 0 Å². The van der Waals surface area contributed by atoms with Crippen LogP contribution in [-0.4, -0.2) is 18.0 Å². The Morgan fingerprint density at radius 1 is 1.20 bits per heavy atom. The van der Waals surface area contributed by atoms with Crippen LogP contribution in [0.1, 0.15) is 47.5 Å². The van der Waals surface area contributed by atoms with Crippen molar-refractivity contribution in [2.24, 2.45) is 17.6 Å². The van der Waals surface area contributed by atoms with Crippen molar-refractivity contribution in [2.75, 3.05) is 0 Å². The van der Waals surface area contributed by atoms with Crippen LogP contribution in [0.3, 0.4) is 0 Å². The summed E-state index contributed by atoms with van der Waals surface area (Å²) in [5, 5.41) is 3.03. The molecule has 0 aromatic heterocycles. The van der Waals surface area contributed by atoms with Crippen molar-refractivity contribution in [3.05, 3.63) is 0 Å². The lowest BCUT2D eigenvalue weighted by atomic mass is 9.98. The third kappa shape index (κ3) is 5.17. The Morgan fingerprint density at radius 2 is 1.73 bits per heavy atom. The quantitative estimate of drug-likeness (QED) is 0.709. The molecule has 2 unspecified atom stereocenters. The summed E-state index contributed by atoms with van der Waals surface area (Å²) in [5.74, 6) is 0.643. The summed E-state index contributed by atoms with van der Waals surface area (Å²) < 4.78 is 0. The van der Waals surface area contributed by atoms with E-state index in [9.17, 15) is 4.79 Å². The number of hydrogen-bond acceptors (Lipinski definition) is 2. The van der Waals surface area contributed by atoms with E-state index in [1.54, 1.807) is 0 Å². The lowest BCUT2D eigenvalue weighted by Gasteiger charge is -2.25. The first-order valence-corrected chi connectivity index (χ1v) is 5.96. The molecule has 0 spiro atoms. The van der Waals surface area contributed by atoms with E-state index in [-0.39, 0.29) is 23.9 Å². The highest BCUT2D eigenvalue weighted by Crippen LogP contribution is 2.09.